The Kier molecular flexibility index (Phi) is 6.68. The zero-order valence-corrected chi connectivity index (χ0v) is 19.5. The van der Waals surface area contributed by atoms with Crippen LogP contribution in [0.5, 0.6) is 0 Å². The highest BCUT2D eigenvalue weighted by Crippen LogP contribution is 2.38. The van der Waals surface area contributed by atoms with Crippen LogP contribution >= 0.6 is 0 Å². The third-order valence-corrected chi connectivity index (χ3v) is 11.2. The molecule has 7 nitrogen and oxygen atoms in total. The summed E-state index contributed by atoms with van der Waals surface area (Å²) in [6, 6.07) is 12.4. The van der Waals surface area contributed by atoms with Crippen LogP contribution in [-0.4, -0.2) is 26.1 Å². The zero-order valence-electron chi connectivity index (χ0n) is 17.7. The van der Waals surface area contributed by atoms with E-state index in [0.29, 0.717) is 5.56 Å². The van der Waals surface area contributed by atoms with Gasteiger partial charge >= 0.3 is 0 Å². The third kappa shape index (κ3) is 5.50. The minimum absolute atomic E-state index is 0.0410. The molecule has 0 atom stereocenters. The highest BCUT2D eigenvalue weighted by Gasteiger charge is 2.42. The van der Waals surface area contributed by atoms with Crippen molar-refractivity contribution in [2.24, 2.45) is 0 Å². The van der Waals surface area contributed by atoms with Crippen molar-refractivity contribution in [3.63, 3.8) is 0 Å². The van der Waals surface area contributed by atoms with Crippen molar-refractivity contribution < 1.29 is 17.9 Å². The first-order chi connectivity index (χ1) is 13.2. The number of nitro groups is 1. The molecule has 9 heteroatoms. The molecule has 0 radical (unpaired) electrons. The number of hydrogen-bond donors (Lipinski definition) is 0. The fourth-order valence-corrected chi connectivity index (χ4v) is 5.09. The largest absolute Gasteiger partial charge is 0.329 e. The third-order valence-electron chi connectivity index (χ3n) is 5.18. The number of benzene rings is 2. The SMILES string of the molecule is Cc1ccc(S(=O)(=O)N(Cc2ccc([N+](=O)[O-])cc2)O[Si](C)(C)C(C)(C)C)cc1. The Labute approximate surface area is 173 Å². The quantitative estimate of drug-likeness (QED) is 0.345. The molecule has 0 unspecified atom stereocenters. The molecule has 0 spiro atoms. The molecule has 0 saturated heterocycles. The molecule has 0 aromatic heterocycles. The van der Waals surface area contributed by atoms with Crippen LogP contribution in [0.1, 0.15) is 31.9 Å². The van der Waals surface area contributed by atoms with Crippen LogP contribution in [-0.2, 0) is 21.1 Å². The van der Waals surface area contributed by atoms with Crippen molar-refractivity contribution in [1.29, 1.82) is 0 Å². The molecule has 0 aliphatic carbocycles. The molecule has 0 N–H and O–H groups in total. The van der Waals surface area contributed by atoms with Crippen molar-refractivity contribution in [3.8, 4) is 0 Å². The van der Waals surface area contributed by atoms with Crippen molar-refractivity contribution >= 4 is 24.0 Å². The van der Waals surface area contributed by atoms with Gasteiger partial charge < -0.3 is 4.53 Å². The summed E-state index contributed by atoms with van der Waals surface area (Å²) >= 11 is 0. The Morgan fingerprint density at radius 2 is 1.55 bits per heavy atom. The van der Waals surface area contributed by atoms with Crippen LogP contribution in [0, 0.1) is 17.0 Å². The van der Waals surface area contributed by atoms with E-state index in [0.717, 1.165) is 10.0 Å². The van der Waals surface area contributed by atoms with Crippen LogP contribution < -0.4 is 0 Å². The molecule has 0 aliphatic heterocycles. The van der Waals surface area contributed by atoms with Gasteiger partial charge in [-0.25, -0.2) is 8.42 Å². The number of rotatable bonds is 7. The van der Waals surface area contributed by atoms with Gasteiger partial charge in [-0.05, 0) is 42.8 Å². The Morgan fingerprint density at radius 3 is 2.00 bits per heavy atom. The van der Waals surface area contributed by atoms with Crippen molar-refractivity contribution in [3.05, 3.63) is 69.8 Å². The lowest BCUT2D eigenvalue weighted by Gasteiger charge is -2.39. The molecule has 158 valence electrons. The smallest absolute Gasteiger partial charge is 0.269 e. The molecule has 0 fully saturated rings. The Balaban J connectivity index is 2.45. The van der Waals surface area contributed by atoms with E-state index >= 15 is 0 Å². The van der Waals surface area contributed by atoms with Crippen LogP contribution in [0.15, 0.2) is 53.4 Å². The van der Waals surface area contributed by atoms with E-state index in [1.807, 2.05) is 40.8 Å². The van der Waals surface area contributed by atoms with E-state index in [1.165, 1.54) is 12.1 Å². The minimum atomic E-state index is -3.92. The molecule has 0 amide bonds. The maximum Gasteiger partial charge on any atom is 0.269 e. The first-order valence-electron chi connectivity index (χ1n) is 9.26. The molecule has 2 aromatic rings. The maximum absolute atomic E-state index is 13.3. The van der Waals surface area contributed by atoms with Crippen molar-refractivity contribution in [1.82, 2.24) is 4.47 Å². The molecular weight excluding hydrogens is 408 g/mol. The van der Waals surface area contributed by atoms with E-state index in [-0.39, 0.29) is 22.2 Å². The second-order valence-corrected chi connectivity index (χ2v) is 15.1. The molecule has 0 aliphatic rings. The Bertz CT molecular complexity index is 965. The van der Waals surface area contributed by atoms with Gasteiger partial charge in [0, 0.05) is 12.1 Å². The maximum atomic E-state index is 13.3. The second-order valence-electron chi connectivity index (χ2n) is 8.55. The summed E-state index contributed by atoms with van der Waals surface area (Å²) in [5.74, 6) is 0. The fourth-order valence-electron chi connectivity index (χ4n) is 2.26. The van der Waals surface area contributed by atoms with E-state index in [1.54, 1.807) is 36.4 Å². The number of hydrogen-bond acceptors (Lipinski definition) is 5. The molecule has 0 saturated carbocycles. The van der Waals surface area contributed by atoms with Crippen LogP contribution in [0.3, 0.4) is 0 Å². The fraction of sp³-hybridized carbons (Fsp3) is 0.400. The van der Waals surface area contributed by atoms with Gasteiger partial charge in [-0.15, -0.1) is 0 Å². The summed E-state index contributed by atoms with van der Waals surface area (Å²) < 4.78 is 33.9. The Hall–Kier alpha value is -2.07. The van der Waals surface area contributed by atoms with E-state index < -0.39 is 23.3 Å². The summed E-state index contributed by atoms with van der Waals surface area (Å²) in [4.78, 5) is 10.5. The lowest BCUT2D eigenvalue weighted by atomic mass is 10.2. The highest BCUT2D eigenvalue weighted by atomic mass is 32.2. The van der Waals surface area contributed by atoms with Crippen LogP contribution in [0.4, 0.5) is 5.69 Å². The average molecular weight is 437 g/mol. The lowest BCUT2D eigenvalue weighted by molar-refractivity contribution is -0.384. The molecule has 0 bridgehead atoms. The lowest BCUT2D eigenvalue weighted by Crippen LogP contribution is -2.48. The predicted octanol–water partition coefficient (Wildman–Crippen LogP) is 5.03. The first kappa shape index (κ1) is 23.2. The Morgan fingerprint density at radius 1 is 1.03 bits per heavy atom. The number of nitrogens with zero attached hydrogens (tertiary/aromatic N) is 2. The number of non-ortho nitro benzene ring substituents is 1. The van der Waals surface area contributed by atoms with E-state index in [2.05, 4.69) is 0 Å². The average Bonchev–Trinajstić information content (AvgIpc) is 2.61. The minimum Gasteiger partial charge on any atom is -0.329 e. The standard InChI is InChI=1S/C20H28N2O5SSi/c1-16-7-13-19(14-8-16)28(25,26)21(27-29(5,6)20(2,3)4)15-17-9-11-18(12-10-17)22(23)24/h7-14H,15H2,1-6H3. The van der Waals surface area contributed by atoms with Gasteiger partial charge in [0.1, 0.15) is 0 Å². The monoisotopic (exact) mass is 436 g/mol. The number of nitro benzene ring substituents is 1. The molecule has 2 rings (SSSR count). The summed E-state index contributed by atoms with van der Waals surface area (Å²) in [6.07, 6.45) is 0. The summed E-state index contributed by atoms with van der Waals surface area (Å²) in [5, 5.41) is 10.7. The predicted molar refractivity (Wildman–Crippen MR) is 115 cm³/mol. The zero-order chi connectivity index (χ0) is 22.0. The van der Waals surface area contributed by atoms with Gasteiger partial charge in [0.05, 0.1) is 16.4 Å². The van der Waals surface area contributed by atoms with Crippen LogP contribution in [0.2, 0.25) is 18.1 Å². The molecular formula is C20H28N2O5SSi. The van der Waals surface area contributed by atoms with E-state index in [4.69, 9.17) is 4.53 Å². The summed E-state index contributed by atoms with van der Waals surface area (Å²) in [5.41, 5.74) is 1.51. The van der Waals surface area contributed by atoms with Gasteiger partial charge in [-0.1, -0.05) is 55.1 Å². The second kappa shape index (κ2) is 8.35. The van der Waals surface area contributed by atoms with Gasteiger partial charge in [0.25, 0.3) is 15.7 Å². The number of sulfonamides is 1. The van der Waals surface area contributed by atoms with Gasteiger partial charge in [0.15, 0.2) is 0 Å². The van der Waals surface area contributed by atoms with Gasteiger partial charge in [0.2, 0.25) is 8.32 Å². The number of aryl methyl sites for hydroxylation is 1. The molecule has 2 aromatic carbocycles. The van der Waals surface area contributed by atoms with Gasteiger partial charge in [-0.2, -0.15) is 0 Å². The topological polar surface area (TPSA) is 89.8 Å². The van der Waals surface area contributed by atoms with Crippen molar-refractivity contribution in [2.45, 2.75) is 57.3 Å². The summed E-state index contributed by atoms with van der Waals surface area (Å²) in [6.45, 7) is 11.9. The van der Waals surface area contributed by atoms with Crippen molar-refractivity contribution in [2.75, 3.05) is 0 Å². The van der Waals surface area contributed by atoms with E-state index in [9.17, 15) is 18.5 Å². The van der Waals surface area contributed by atoms with Crippen LogP contribution in [0.25, 0.3) is 0 Å². The van der Waals surface area contributed by atoms with Gasteiger partial charge in [-0.3, -0.25) is 10.1 Å². The summed E-state index contributed by atoms with van der Waals surface area (Å²) in [7, 11) is -6.39. The highest BCUT2D eigenvalue weighted by molar-refractivity contribution is 7.89. The molecule has 29 heavy (non-hydrogen) atoms. The molecule has 0 heterocycles. The normalized spacial score (nSPS) is 12.9. The number of hydroxylamine groups is 1. The first-order valence-corrected chi connectivity index (χ1v) is 13.6.